The van der Waals surface area contributed by atoms with Gasteiger partial charge in [-0.15, -0.1) is 0 Å². The monoisotopic (exact) mass is 450 g/mol. The van der Waals surface area contributed by atoms with Crippen LogP contribution in [0, 0.1) is 17.7 Å². The van der Waals surface area contributed by atoms with Gasteiger partial charge in [-0.1, -0.05) is 19.3 Å². The van der Waals surface area contributed by atoms with Gasteiger partial charge < -0.3 is 10.1 Å². The first-order valence-electron chi connectivity index (χ1n) is 12.2. The van der Waals surface area contributed by atoms with E-state index in [2.05, 4.69) is 10.3 Å². The van der Waals surface area contributed by atoms with E-state index in [0.717, 1.165) is 51.0 Å². The van der Waals surface area contributed by atoms with Crippen LogP contribution in [0.2, 0.25) is 0 Å². The van der Waals surface area contributed by atoms with Gasteiger partial charge in [0.25, 0.3) is 5.56 Å². The van der Waals surface area contributed by atoms with Crippen LogP contribution in [0.4, 0.5) is 10.2 Å². The van der Waals surface area contributed by atoms with Crippen molar-refractivity contribution in [2.24, 2.45) is 11.8 Å². The highest BCUT2D eigenvalue weighted by Gasteiger charge is 2.20. The van der Waals surface area contributed by atoms with Gasteiger partial charge in [0.15, 0.2) is 11.5 Å². The standard InChI is InChI=1S/C26H31FN4O2/c27-21-8-6-20(7-9-21)22-10-11-23-25(30-22)31(17-19-4-2-1-3-5-19)26(32)24(29-23)28-16-18-12-14-33-15-13-18/h6-11,18-19H,1-5,12-17H2,(H,28,29). The minimum atomic E-state index is -0.282. The molecule has 0 bridgehead atoms. The van der Waals surface area contributed by atoms with Crippen molar-refractivity contribution in [2.45, 2.75) is 51.5 Å². The number of hydrogen-bond acceptors (Lipinski definition) is 5. The Morgan fingerprint density at radius 2 is 1.70 bits per heavy atom. The predicted molar refractivity (Wildman–Crippen MR) is 128 cm³/mol. The summed E-state index contributed by atoms with van der Waals surface area (Å²) in [6.45, 7) is 2.93. The number of ether oxygens (including phenoxy) is 1. The number of pyridine rings is 1. The summed E-state index contributed by atoms with van der Waals surface area (Å²) < 4.78 is 20.7. The van der Waals surface area contributed by atoms with Gasteiger partial charge in [-0.05, 0) is 73.9 Å². The van der Waals surface area contributed by atoms with E-state index >= 15 is 0 Å². The highest BCUT2D eigenvalue weighted by atomic mass is 19.1. The maximum absolute atomic E-state index is 13.5. The van der Waals surface area contributed by atoms with Crippen molar-refractivity contribution >= 4 is 17.0 Å². The molecule has 1 N–H and O–H groups in total. The van der Waals surface area contributed by atoms with Crippen LogP contribution >= 0.6 is 0 Å². The van der Waals surface area contributed by atoms with E-state index in [1.54, 1.807) is 12.1 Å². The molecule has 0 atom stereocenters. The minimum absolute atomic E-state index is 0.108. The number of nitrogens with zero attached hydrogens (tertiary/aromatic N) is 3. The van der Waals surface area contributed by atoms with Crippen molar-refractivity contribution in [3.05, 3.63) is 52.6 Å². The molecule has 1 aliphatic heterocycles. The number of aromatic nitrogens is 3. The van der Waals surface area contributed by atoms with Gasteiger partial charge >= 0.3 is 0 Å². The highest BCUT2D eigenvalue weighted by Crippen LogP contribution is 2.27. The Morgan fingerprint density at radius 3 is 2.45 bits per heavy atom. The number of anilines is 1. The van der Waals surface area contributed by atoms with Gasteiger partial charge in [-0.25, -0.2) is 14.4 Å². The zero-order valence-electron chi connectivity index (χ0n) is 18.9. The first-order valence-corrected chi connectivity index (χ1v) is 12.2. The SMILES string of the molecule is O=c1c(NCC2CCOCC2)nc2ccc(-c3ccc(F)cc3)nc2n1CC1CCCCC1. The summed E-state index contributed by atoms with van der Waals surface area (Å²) in [5.41, 5.74) is 2.72. The molecule has 0 unspecified atom stereocenters. The third-order valence-corrected chi connectivity index (χ3v) is 6.99. The lowest BCUT2D eigenvalue weighted by Gasteiger charge is -2.24. The molecule has 3 heterocycles. The smallest absolute Gasteiger partial charge is 0.294 e. The minimum Gasteiger partial charge on any atom is -0.381 e. The fourth-order valence-electron chi connectivity index (χ4n) is 5.00. The van der Waals surface area contributed by atoms with Gasteiger partial charge in [-0.2, -0.15) is 0 Å². The Kier molecular flexibility index (Phi) is 6.67. The molecule has 2 fully saturated rings. The third kappa shape index (κ3) is 5.08. The first-order chi connectivity index (χ1) is 16.2. The first kappa shape index (κ1) is 22.0. The van der Waals surface area contributed by atoms with Gasteiger partial charge in [-0.3, -0.25) is 9.36 Å². The lowest BCUT2D eigenvalue weighted by Crippen LogP contribution is -2.31. The summed E-state index contributed by atoms with van der Waals surface area (Å²) in [5.74, 6) is 1.08. The molecular weight excluding hydrogens is 419 g/mol. The zero-order valence-corrected chi connectivity index (χ0v) is 18.9. The molecule has 2 aliphatic rings. The number of rotatable bonds is 6. The van der Waals surface area contributed by atoms with Gasteiger partial charge in [0.1, 0.15) is 11.3 Å². The predicted octanol–water partition coefficient (Wildman–Crippen LogP) is 5.02. The van der Waals surface area contributed by atoms with Crippen LogP contribution in [-0.2, 0) is 11.3 Å². The summed E-state index contributed by atoms with van der Waals surface area (Å²) in [6, 6.07) is 10.1. The number of benzene rings is 1. The Balaban J connectivity index is 1.51. The van der Waals surface area contributed by atoms with Crippen molar-refractivity contribution in [1.82, 2.24) is 14.5 Å². The highest BCUT2D eigenvalue weighted by molar-refractivity contribution is 5.76. The van der Waals surface area contributed by atoms with Crippen LogP contribution in [0.15, 0.2) is 41.2 Å². The molecule has 33 heavy (non-hydrogen) atoms. The lowest BCUT2D eigenvalue weighted by atomic mass is 9.89. The van der Waals surface area contributed by atoms with E-state index < -0.39 is 0 Å². The van der Waals surface area contributed by atoms with Crippen molar-refractivity contribution in [1.29, 1.82) is 0 Å². The summed E-state index contributed by atoms with van der Waals surface area (Å²) in [7, 11) is 0. The summed E-state index contributed by atoms with van der Waals surface area (Å²) >= 11 is 0. The van der Waals surface area contributed by atoms with Gasteiger partial charge in [0, 0.05) is 31.9 Å². The van der Waals surface area contributed by atoms with E-state index in [1.807, 2.05) is 16.7 Å². The lowest BCUT2D eigenvalue weighted by molar-refractivity contribution is 0.0699. The maximum Gasteiger partial charge on any atom is 0.294 e. The molecule has 1 saturated heterocycles. The van der Waals surface area contributed by atoms with E-state index in [0.29, 0.717) is 41.1 Å². The molecule has 0 radical (unpaired) electrons. The molecule has 6 nitrogen and oxygen atoms in total. The Hall–Kier alpha value is -2.80. The Labute approximate surface area is 193 Å². The topological polar surface area (TPSA) is 69.0 Å². The zero-order chi connectivity index (χ0) is 22.6. The van der Waals surface area contributed by atoms with Crippen LogP contribution in [0.25, 0.3) is 22.4 Å². The van der Waals surface area contributed by atoms with Crippen molar-refractivity contribution in [3.8, 4) is 11.3 Å². The van der Waals surface area contributed by atoms with Gasteiger partial charge in [0.2, 0.25) is 0 Å². The fourth-order valence-corrected chi connectivity index (χ4v) is 5.00. The molecular formula is C26H31FN4O2. The molecule has 174 valence electrons. The molecule has 2 aromatic heterocycles. The second-order valence-corrected chi connectivity index (χ2v) is 9.36. The Bertz CT molecular complexity index is 1150. The normalized spacial score (nSPS) is 18.0. The molecule has 5 rings (SSSR count). The summed E-state index contributed by atoms with van der Waals surface area (Å²) in [6.07, 6.45) is 7.97. The maximum atomic E-state index is 13.5. The van der Waals surface area contributed by atoms with Crippen LogP contribution in [0.3, 0.4) is 0 Å². The van der Waals surface area contributed by atoms with Crippen molar-refractivity contribution in [2.75, 3.05) is 25.1 Å². The average molecular weight is 451 g/mol. The van der Waals surface area contributed by atoms with E-state index in [9.17, 15) is 9.18 Å². The van der Waals surface area contributed by atoms with Crippen LogP contribution in [-0.4, -0.2) is 34.3 Å². The number of hydrogen-bond donors (Lipinski definition) is 1. The van der Waals surface area contributed by atoms with Crippen LogP contribution < -0.4 is 10.9 Å². The molecule has 1 saturated carbocycles. The van der Waals surface area contributed by atoms with E-state index in [-0.39, 0.29) is 11.4 Å². The number of nitrogens with one attached hydrogen (secondary N) is 1. The molecule has 3 aromatic rings. The van der Waals surface area contributed by atoms with Crippen molar-refractivity contribution < 1.29 is 9.13 Å². The van der Waals surface area contributed by atoms with E-state index in [1.165, 1.54) is 31.4 Å². The molecule has 7 heteroatoms. The van der Waals surface area contributed by atoms with Gasteiger partial charge in [0.05, 0.1) is 5.69 Å². The number of halogens is 1. The van der Waals surface area contributed by atoms with Crippen LogP contribution in [0.5, 0.6) is 0 Å². The van der Waals surface area contributed by atoms with Crippen LogP contribution in [0.1, 0.15) is 44.9 Å². The second kappa shape index (κ2) is 10.00. The summed E-state index contributed by atoms with van der Waals surface area (Å²) in [5, 5.41) is 3.34. The molecule has 0 spiro atoms. The van der Waals surface area contributed by atoms with Crippen molar-refractivity contribution in [3.63, 3.8) is 0 Å². The Morgan fingerprint density at radius 1 is 0.939 bits per heavy atom. The fraction of sp³-hybridized carbons (Fsp3) is 0.500. The molecule has 1 aliphatic carbocycles. The van der Waals surface area contributed by atoms with E-state index in [4.69, 9.17) is 9.72 Å². The largest absolute Gasteiger partial charge is 0.381 e. The number of fused-ring (bicyclic) bond motifs is 1. The molecule has 0 amide bonds. The quantitative estimate of drug-likeness (QED) is 0.571. The average Bonchev–Trinajstić information content (AvgIpc) is 2.86. The summed E-state index contributed by atoms with van der Waals surface area (Å²) in [4.78, 5) is 23.0. The second-order valence-electron chi connectivity index (χ2n) is 9.36. The third-order valence-electron chi connectivity index (χ3n) is 6.99. The molecule has 1 aromatic carbocycles.